The van der Waals surface area contributed by atoms with Gasteiger partial charge >= 0.3 is 0 Å². The topological polar surface area (TPSA) is 16.1 Å². The lowest BCUT2D eigenvalue weighted by Gasteiger charge is -2.34. The number of piperidine rings is 1. The Kier molecular flexibility index (Phi) is 10.2. The number of aryl methyl sites for hydroxylation is 1. The van der Waals surface area contributed by atoms with Crippen LogP contribution in [0.3, 0.4) is 0 Å². The van der Waals surface area contributed by atoms with Crippen molar-refractivity contribution in [1.29, 1.82) is 0 Å². The Labute approximate surface area is 207 Å². The largest absolute Gasteiger partial charge is 0.303 e. The van der Waals surface area contributed by atoms with Gasteiger partial charge in [0.05, 0.1) is 0 Å². The van der Waals surface area contributed by atoms with Crippen LogP contribution in [0, 0.1) is 5.92 Å². The van der Waals surface area contributed by atoms with E-state index in [0.29, 0.717) is 5.92 Å². The second-order valence-corrected chi connectivity index (χ2v) is 10.1. The molecule has 1 aliphatic rings. The molecule has 0 aliphatic carbocycles. The molecule has 0 amide bonds. The van der Waals surface area contributed by atoms with Crippen LogP contribution in [0.5, 0.6) is 0 Å². The summed E-state index contributed by atoms with van der Waals surface area (Å²) in [5.74, 6) is 1.36. The van der Waals surface area contributed by atoms with Gasteiger partial charge in [0.1, 0.15) is 0 Å². The Morgan fingerprint density at radius 3 is 1.94 bits per heavy atom. The summed E-state index contributed by atoms with van der Waals surface area (Å²) in [5, 5.41) is 0. The molecule has 180 valence electrons. The fourth-order valence-electron chi connectivity index (χ4n) is 5.53. The molecule has 1 aromatic heterocycles. The van der Waals surface area contributed by atoms with Crippen molar-refractivity contribution < 1.29 is 0 Å². The molecule has 1 saturated heterocycles. The number of aromatic nitrogens is 1. The third kappa shape index (κ3) is 8.09. The summed E-state index contributed by atoms with van der Waals surface area (Å²) in [4.78, 5) is 6.93. The number of nitrogens with zero attached hydrogens (tertiary/aromatic N) is 2. The van der Waals surface area contributed by atoms with Crippen LogP contribution in [-0.4, -0.2) is 29.5 Å². The molecule has 0 radical (unpaired) electrons. The Morgan fingerprint density at radius 1 is 0.706 bits per heavy atom. The van der Waals surface area contributed by atoms with Crippen molar-refractivity contribution >= 4 is 0 Å². The first kappa shape index (κ1) is 24.7. The molecular weight excluding hydrogens is 412 g/mol. The van der Waals surface area contributed by atoms with Gasteiger partial charge in [0.15, 0.2) is 0 Å². The van der Waals surface area contributed by atoms with Crippen LogP contribution in [0.15, 0.2) is 85.2 Å². The zero-order chi connectivity index (χ0) is 23.3. The standard InChI is InChI=1S/C32H42N2/c1(3-7-14-29-15-13-22-33-27-29)2-4-12-23-34-24-20-28(21-25-34)26-32(30-16-8-5-9-17-30)31-18-10-6-11-19-31/h5-6,8-11,13,15-19,22,27-28,32H,1-4,7,12,14,20-21,23-26H2. The van der Waals surface area contributed by atoms with E-state index in [9.17, 15) is 0 Å². The number of unbranched alkanes of at least 4 members (excludes halogenated alkanes) is 5. The van der Waals surface area contributed by atoms with E-state index < -0.39 is 0 Å². The molecule has 0 unspecified atom stereocenters. The van der Waals surface area contributed by atoms with Gasteiger partial charge in [-0.15, -0.1) is 0 Å². The summed E-state index contributed by atoms with van der Waals surface area (Å²) < 4.78 is 0. The quantitative estimate of drug-likeness (QED) is 0.244. The minimum absolute atomic E-state index is 0.525. The van der Waals surface area contributed by atoms with E-state index in [1.54, 1.807) is 0 Å². The molecule has 0 spiro atoms. The van der Waals surface area contributed by atoms with Crippen LogP contribution in [0.4, 0.5) is 0 Å². The number of hydrogen-bond acceptors (Lipinski definition) is 2. The molecule has 0 bridgehead atoms. The van der Waals surface area contributed by atoms with Gasteiger partial charge in [0.2, 0.25) is 0 Å². The van der Waals surface area contributed by atoms with Crippen LogP contribution in [0.1, 0.15) is 80.4 Å². The number of likely N-dealkylation sites (tertiary alicyclic amines) is 1. The van der Waals surface area contributed by atoms with Crippen LogP contribution in [-0.2, 0) is 6.42 Å². The third-order valence-corrected chi connectivity index (χ3v) is 7.59. The van der Waals surface area contributed by atoms with E-state index >= 15 is 0 Å². The van der Waals surface area contributed by atoms with Gasteiger partial charge in [-0.1, -0.05) is 92.4 Å². The van der Waals surface area contributed by atoms with Gasteiger partial charge in [-0.3, -0.25) is 4.98 Å². The molecule has 4 rings (SSSR count). The lowest BCUT2D eigenvalue weighted by atomic mass is 9.80. The van der Waals surface area contributed by atoms with Crippen molar-refractivity contribution in [3.63, 3.8) is 0 Å². The maximum Gasteiger partial charge on any atom is 0.0299 e. The fourth-order valence-corrected chi connectivity index (χ4v) is 5.53. The van der Waals surface area contributed by atoms with E-state index in [1.165, 1.54) is 101 Å². The zero-order valence-corrected chi connectivity index (χ0v) is 20.8. The Balaban J connectivity index is 1.10. The maximum atomic E-state index is 4.21. The van der Waals surface area contributed by atoms with E-state index in [2.05, 4.69) is 76.6 Å². The maximum absolute atomic E-state index is 4.21. The van der Waals surface area contributed by atoms with Crippen molar-refractivity contribution in [2.45, 2.75) is 70.1 Å². The molecule has 3 aromatic rings. The summed E-state index contributed by atoms with van der Waals surface area (Å²) >= 11 is 0. The average Bonchev–Trinajstić information content (AvgIpc) is 2.91. The van der Waals surface area contributed by atoms with E-state index in [1.807, 2.05) is 18.5 Å². The molecule has 34 heavy (non-hydrogen) atoms. The second kappa shape index (κ2) is 14.1. The van der Waals surface area contributed by atoms with E-state index in [4.69, 9.17) is 0 Å². The average molecular weight is 455 g/mol. The van der Waals surface area contributed by atoms with E-state index in [-0.39, 0.29) is 0 Å². The lowest BCUT2D eigenvalue weighted by molar-refractivity contribution is 0.173. The Hall–Kier alpha value is -2.45. The Bertz CT molecular complexity index is 862. The van der Waals surface area contributed by atoms with Gasteiger partial charge in [0, 0.05) is 18.3 Å². The molecule has 1 aliphatic heterocycles. The minimum atomic E-state index is 0.525. The first-order valence-corrected chi connectivity index (χ1v) is 13.6. The van der Waals surface area contributed by atoms with Crippen molar-refractivity contribution in [3.05, 3.63) is 102 Å². The smallest absolute Gasteiger partial charge is 0.0299 e. The van der Waals surface area contributed by atoms with Gasteiger partial charge in [-0.2, -0.15) is 0 Å². The first-order chi connectivity index (χ1) is 16.9. The first-order valence-electron chi connectivity index (χ1n) is 13.6. The molecule has 0 saturated carbocycles. The van der Waals surface area contributed by atoms with E-state index in [0.717, 1.165) is 5.92 Å². The molecule has 2 heterocycles. The summed E-state index contributed by atoms with van der Waals surface area (Å²) in [6.07, 6.45) is 17.2. The highest BCUT2D eigenvalue weighted by atomic mass is 15.1. The SMILES string of the molecule is c1ccc(C(CC2CCN(CCCCCCCCc3cccnc3)CC2)c2ccccc2)cc1. The van der Waals surface area contributed by atoms with Crippen LogP contribution < -0.4 is 0 Å². The highest BCUT2D eigenvalue weighted by molar-refractivity contribution is 5.32. The molecular formula is C32H42N2. The van der Waals surface area contributed by atoms with Gasteiger partial charge in [-0.25, -0.2) is 0 Å². The van der Waals surface area contributed by atoms with Gasteiger partial charge in [0.25, 0.3) is 0 Å². The summed E-state index contributed by atoms with van der Waals surface area (Å²) in [7, 11) is 0. The van der Waals surface area contributed by atoms with Crippen LogP contribution in [0.2, 0.25) is 0 Å². The monoisotopic (exact) mass is 454 g/mol. The lowest BCUT2D eigenvalue weighted by Crippen LogP contribution is -2.34. The highest BCUT2D eigenvalue weighted by Gasteiger charge is 2.24. The molecule has 2 heteroatoms. The predicted molar refractivity (Wildman–Crippen MR) is 144 cm³/mol. The van der Waals surface area contributed by atoms with Crippen LogP contribution in [0.25, 0.3) is 0 Å². The normalized spacial score (nSPS) is 15.1. The zero-order valence-electron chi connectivity index (χ0n) is 20.8. The van der Waals surface area contributed by atoms with Crippen molar-refractivity contribution in [3.8, 4) is 0 Å². The Morgan fingerprint density at radius 2 is 1.32 bits per heavy atom. The highest BCUT2D eigenvalue weighted by Crippen LogP contribution is 2.34. The van der Waals surface area contributed by atoms with Crippen molar-refractivity contribution in [1.82, 2.24) is 9.88 Å². The summed E-state index contributed by atoms with van der Waals surface area (Å²) in [5.41, 5.74) is 4.32. The summed E-state index contributed by atoms with van der Waals surface area (Å²) in [6, 6.07) is 26.5. The number of hydrogen-bond donors (Lipinski definition) is 0. The molecule has 1 fully saturated rings. The fraction of sp³-hybridized carbons (Fsp3) is 0.469. The number of pyridine rings is 1. The van der Waals surface area contributed by atoms with Crippen molar-refractivity contribution in [2.24, 2.45) is 5.92 Å². The number of benzene rings is 2. The number of rotatable bonds is 13. The van der Waals surface area contributed by atoms with Crippen LogP contribution >= 0.6 is 0 Å². The molecule has 2 aromatic carbocycles. The van der Waals surface area contributed by atoms with Gasteiger partial charge < -0.3 is 4.90 Å². The van der Waals surface area contributed by atoms with Gasteiger partial charge in [-0.05, 0) is 86.8 Å². The minimum Gasteiger partial charge on any atom is -0.303 e. The molecule has 2 nitrogen and oxygen atoms in total. The second-order valence-electron chi connectivity index (χ2n) is 10.1. The third-order valence-electron chi connectivity index (χ3n) is 7.59. The molecule has 0 N–H and O–H groups in total. The molecule has 0 atom stereocenters. The predicted octanol–water partition coefficient (Wildman–Crippen LogP) is 7.90. The van der Waals surface area contributed by atoms with Crippen molar-refractivity contribution in [2.75, 3.05) is 19.6 Å². The summed E-state index contributed by atoms with van der Waals surface area (Å²) in [6.45, 7) is 3.86.